The number of aliphatic carboxylic acids is 1. The molecule has 2 saturated carbocycles. The summed E-state index contributed by atoms with van der Waals surface area (Å²) >= 11 is 0. The Labute approximate surface area is 241 Å². The number of nitrogens with one attached hydrogen (secondary N) is 1. The monoisotopic (exact) mass is 577 g/mol. The Morgan fingerprint density at radius 2 is 1.95 bits per heavy atom. The van der Waals surface area contributed by atoms with Crippen LogP contribution in [0.2, 0.25) is 0 Å². The van der Waals surface area contributed by atoms with Crippen LogP contribution in [-0.4, -0.2) is 69.9 Å². The standard InChI is InChI=1S/C30H32FN5O6/c1-36(22-4-3-21-26(33-22)34-23(37)15-40-21)29-10-12-30(13-11-29,42-17-29)7-6-18-19(31)14-32-20-2-5-24(35-25(18)20)41-16-28(8-9-28)27(38)39/h2-5,14H,6-13,15-17H2,1H3,(H,38,39)(H,33,34,37). The van der Waals surface area contributed by atoms with Crippen molar-refractivity contribution < 1.29 is 33.3 Å². The number of anilines is 2. The van der Waals surface area contributed by atoms with Crippen LogP contribution in [-0.2, 0) is 20.7 Å². The van der Waals surface area contributed by atoms with E-state index in [2.05, 4.69) is 25.2 Å². The highest BCUT2D eigenvalue weighted by Crippen LogP contribution is 2.49. The maximum absolute atomic E-state index is 15.1. The van der Waals surface area contributed by atoms with Gasteiger partial charge in [0.15, 0.2) is 18.2 Å². The molecule has 1 amide bonds. The minimum absolute atomic E-state index is 0.0126. The lowest BCUT2D eigenvalue weighted by molar-refractivity contribution is -0.156. The predicted octanol–water partition coefficient (Wildman–Crippen LogP) is 3.89. The molecule has 4 fully saturated rings. The van der Waals surface area contributed by atoms with Gasteiger partial charge in [-0.25, -0.2) is 14.4 Å². The number of hydrogen-bond donors (Lipinski definition) is 2. The zero-order valence-corrected chi connectivity index (χ0v) is 23.3. The summed E-state index contributed by atoms with van der Waals surface area (Å²) in [5, 5.41) is 12.2. The van der Waals surface area contributed by atoms with Gasteiger partial charge in [-0.2, -0.15) is 0 Å². The van der Waals surface area contributed by atoms with Crippen LogP contribution in [0.5, 0.6) is 11.6 Å². The van der Waals surface area contributed by atoms with Gasteiger partial charge in [0.1, 0.15) is 23.7 Å². The summed E-state index contributed by atoms with van der Waals surface area (Å²) in [4.78, 5) is 38.8. The normalized spacial score (nSPS) is 25.3. The Morgan fingerprint density at radius 1 is 1.14 bits per heavy atom. The number of halogens is 1. The number of pyridine rings is 3. The van der Waals surface area contributed by atoms with Crippen molar-refractivity contribution in [1.29, 1.82) is 0 Å². The SMILES string of the molecule is CN(c1ccc2c(n1)NC(=O)CO2)C12CCC(CCc3c(F)cnc4ccc(OCC5(C(=O)O)CC5)nc34)(CC1)OC2. The Hall–Kier alpha value is -4.06. The third-order valence-electron chi connectivity index (χ3n) is 9.63. The van der Waals surface area contributed by atoms with Crippen LogP contribution in [0, 0.1) is 11.2 Å². The Balaban J connectivity index is 1.04. The van der Waals surface area contributed by atoms with E-state index in [1.807, 2.05) is 19.2 Å². The number of aromatic nitrogens is 3. The largest absolute Gasteiger partial charge is 0.481 e. The fraction of sp³-hybridized carbons (Fsp3) is 0.500. The Bertz CT molecular complexity index is 1570. The first-order valence-corrected chi connectivity index (χ1v) is 14.3. The summed E-state index contributed by atoms with van der Waals surface area (Å²) in [5.41, 5.74) is 0.0263. The topological polar surface area (TPSA) is 136 Å². The molecule has 0 radical (unpaired) electrons. The lowest BCUT2D eigenvalue weighted by Crippen LogP contribution is -2.62. The van der Waals surface area contributed by atoms with E-state index in [1.54, 1.807) is 12.1 Å². The summed E-state index contributed by atoms with van der Waals surface area (Å²) in [7, 11) is 2.01. The van der Waals surface area contributed by atoms with E-state index in [1.165, 1.54) is 6.20 Å². The number of carbonyl (C=O) groups is 2. The number of fused-ring (bicyclic) bond motifs is 5. The molecule has 2 bridgehead atoms. The van der Waals surface area contributed by atoms with Crippen LogP contribution >= 0.6 is 0 Å². The lowest BCUT2D eigenvalue weighted by atomic mass is 9.68. The summed E-state index contributed by atoms with van der Waals surface area (Å²) in [6, 6.07) is 7.10. The number of carboxylic acid groups (broad SMARTS) is 1. The molecular weight excluding hydrogens is 545 g/mol. The minimum atomic E-state index is -0.867. The van der Waals surface area contributed by atoms with Gasteiger partial charge in [0.25, 0.3) is 5.91 Å². The first kappa shape index (κ1) is 26.8. The number of nitrogens with zero attached hydrogens (tertiary/aromatic N) is 4. The number of aryl methyl sites for hydroxylation is 1. The molecule has 0 atom stereocenters. The first-order chi connectivity index (χ1) is 20.2. The average Bonchev–Trinajstić information content (AvgIpc) is 3.81. The second-order valence-electron chi connectivity index (χ2n) is 12.1. The van der Waals surface area contributed by atoms with Crippen LogP contribution in [0.1, 0.15) is 50.5 Å². The number of carboxylic acids is 1. The molecule has 8 rings (SSSR count). The molecule has 2 saturated heterocycles. The minimum Gasteiger partial charge on any atom is -0.481 e. The Morgan fingerprint density at radius 3 is 2.67 bits per heavy atom. The van der Waals surface area contributed by atoms with Crippen LogP contribution in [0.3, 0.4) is 0 Å². The van der Waals surface area contributed by atoms with E-state index in [-0.39, 0.29) is 36.1 Å². The molecule has 2 aliphatic carbocycles. The predicted molar refractivity (Wildman–Crippen MR) is 149 cm³/mol. The van der Waals surface area contributed by atoms with Crippen molar-refractivity contribution >= 4 is 34.5 Å². The summed E-state index contributed by atoms with van der Waals surface area (Å²) in [5.74, 6) is 0.473. The van der Waals surface area contributed by atoms with Crippen molar-refractivity contribution in [1.82, 2.24) is 15.0 Å². The van der Waals surface area contributed by atoms with E-state index >= 15 is 4.39 Å². The second kappa shape index (κ2) is 9.75. The second-order valence-corrected chi connectivity index (χ2v) is 12.1. The molecule has 2 N–H and O–H groups in total. The van der Waals surface area contributed by atoms with Gasteiger partial charge >= 0.3 is 5.97 Å². The highest BCUT2D eigenvalue weighted by molar-refractivity contribution is 5.94. The van der Waals surface area contributed by atoms with Gasteiger partial charge in [0.05, 0.1) is 35.0 Å². The molecule has 3 aromatic rings. The first-order valence-electron chi connectivity index (χ1n) is 14.3. The summed E-state index contributed by atoms with van der Waals surface area (Å²) in [6.07, 6.45) is 6.88. The highest BCUT2D eigenvalue weighted by Gasteiger charge is 2.52. The van der Waals surface area contributed by atoms with Gasteiger partial charge in [-0.1, -0.05) is 0 Å². The van der Waals surface area contributed by atoms with Gasteiger partial charge in [0.2, 0.25) is 5.88 Å². The number of carbonyl (C=O) groups excluding carboxylic acids is 1. The van der Waals surface area contributed by atoms with E-state index in [0.717, 1.165) is 31.5 Å². The van der Waals surface area contributed by atoms with Crippen molar-refractivity contribution in [2.24, 2.45) is 5.41 Å². The maximum atomic E-state index is 15.1. The molecule has 12 heteroatoms. The van der Waals surface area contributed by atoms with Crippen molar-refractivity contribution in [3.05, 3.63) is 41.8 Å². The van der Waals surface area contributed by atoms with Crippen LogP contribution < -0.4 is 19.7 Å². The molecule has 5 aliphatic rings. The fourth-order valence-corrected chi connectivity index (χ4v) is 6.42. The molecule has 42 heavy (non-hydrogen) atoms. The number of likely N-dealkylation sites (N-methyl/N-ethyl adjacent to an activating group) is 1. The van der Waals surface area contributed by atoms with E-state index in [0.29, 0.717) is 60.5 Å². The highest BCUT2D eigenvalue weighted by atomic mass is 19.1. The van der Waals surface area contributed by atoms with Crippen LogP contribution in [0.15, 0.2) is 30.5 Å². The van der Waals surface area contributed by atoms with Gasteiger partial charge in [-0.3, -0.25) is 14.6 Å². The number of amides is 1. The molecule has 3 aromatic heterocycles. The van der Waals surface area contributed by atoms with Gasteiger partial charge in [0, 0.05) is 18.7 Å². The van der Waals surface area contributed by atoms with Gasteiger partial charge in [-0.05, 0) is 69.6 Å². The van der Waals surface area contributed by atoms with Crippen molar-refractivity contribution in [3.63, 3.8) is 0 Å². The molecule has 220 valence electrons. The maximum Gasteiger partial charge on any atom is 0.313 e. The molecule has 0 aromatic carbocycles. The molecule has 3 aliphatic heterocycles. The zero-order chi connectivity index (χ0) is 29.1. The molecule has 6 heterocycles. The summed E-state index contributed by atoms with van der Waals surface area (Å²) in [6.45, 7) is 0.545. The van der Waals surface area contributed by atoms with Crippen molar-refractivity contribution in [3.8, 4) is 11.6 Å². The zero-order valence-electron chi connectivity index (χ0n) is 23.3. The summed E-state index contributed by atoms with van der Waals surface area (Å²) < 4.78 is 32.9. The average molecular weight is 578 g/mol. The molecule has 11 nitrogen and oxygen atoms in total. The lowest BCUT2D eigenvalue weighted by Gasteiger charge is -2.56. The molecule has 0 unspecified atom stereocenters. The quantitative estimate of drug-likeness (QED) is 0.386. The Kier molecular flexibility index (Phi) is 6.23. The smallest absolute Gasteiger partial charge is 0.313 e. The third kappa shape index (κ3) is 4.57. The number of hydrogen-bond acceptors (Lipinski definition) is 9. The van der Waals surface area contributed by atoms with E-state index in [9.17, 15) is 14.7 Å². The third-order valence-corrected chi connectivity index (χ3v) is 9.63. The van der Waals surface area contributed by atoms with Crippen LogP contribution in [0.25, 0.3) is 11.0 Å². The van der Waals surface area contributed by atoms with Crippen molar-refractivity contribution in [2.75, 3.05) is 37.1 Å². The number of ether oxygens (including phenoxy) is 3. The molecular formula is C30H32FN5O6. The van der Waals surface area contributed by atoms with Crippen molar-refractivity contribution in [2.45, 2.75) is 62.5 Å². The van der Waals surface area contributed by atoms with E-state index in [4.69, 9.17) is 14.2 Å². The van der Waals surface area contributed by atoms with Gasteiger partial charge in [-0.15, -0.1) is 0 Å². The molecule has 0 spiro atoms. The van der Waals surface area contributed by atoms with E-state index < -0.39 is 17.2 Å². The number of rotatable bonds is 9. The van der Waals surface area contributed by atoms with Crippen LogP contribution in [0.4, 0.5) is 16.0 Å². The van der Waals surface area contributed by atoms with Gasteiger partial charge < -0.3 is 29.5 Å². The fourth-order valence-electron chi connectivity index (χ4n) is 6.42.